The van der Waals surface area contributed by atoms with E-state index in [4.69, 9.17) is 0 Å². The molecule has 29 heavy (non-hydrogen) atoms. The van der Waals surface area contributed by atoms with Crippen molar-refractivity contribution in [3.8, 4) is 0 Å². The number of carbonyl (C=O) groups is 2. The van der Waals surface area contributed by atoms with Gasteiger partial charge < -0.3 is 10.6 Å². The molecule has 0 aromatic heterocycles. The van der Waals surface area contributed by atoms with Gasteiger partial charge in [-0.2, -0.15) is 0 Å². The van der Waals surface area contributed by atoms with Crippen molar-refractivity contribution in [3.05, 3.63) is 65.2 Å². The predicted molar refractivity (Wildman–Crippen MR) is 115 cm³/mol. The smallest absolute Gasteiger partial charge is 0.251 e. The van der Waals surface area contributed by atoms with Crippen molar-refractivity contribution >= 4 is 17.5 Å². The van der Waals surface area contributed by atoms with Gasteiger partial charge in [-0.3, -0.25) is 14.5 Å². The van der Waals surface area contributed by atoms with Crippen LogP contribution in [0.15, 0.2) is 48.5 Å². The molecule has 152 valence electrons. The second kappa shape index (κ2) is 7.99. The molecule has 2 amide bonds. The van der Waals surface area contributed by atoms with Gasteiger partial charge in [0.05, 0.1) is 0 Å². The van der Waals surface area contributed by atoms with Gasteiger partial charge in [-0.1, -0.05) is 24.3 Å². The summed E-state index contributed by atoms with van der Waals surface area (Å²) >= 11 is 0. The first kappa shape index (κ1) is 19.6. The summed E-state index contributed by atoms with van der Waals surface area (Å²) in [6.07, 6.45) is 3.00. The van der Waals surface area contributed by atoms with Crippen LogP contribution in [-0.2, 0) is 17.8 Å². The number of rotatable bonds is 6. The lowest BCUT2D eigenvalue weighted by molar-refractivity contribution is -0.117. The second-order valence-electron chi connectivity index (χ2n) is 8.78. The molecule has 2 aliphatic rings. The van der Waals surface area contributed by atoms with E-state index in [0.717, 1.165) is 38.0 Å². The molecular weight excluding hydrogens is 362 g/mol. The van der Waals surface area contributed by atoms with Crippen LogP contribution in [0, 0.1) is 5.92 Å². The van der Waals surface area contributed by atoms with Crippen LogP contribution in [0.1, 0.15) is 48.2 Å². The highest BCUT2D eigenvalue weighted by molar-refractivity contribution is 5.96. The molecule has 0 atom stereocenters. The van der Waals surface area contributed by atoms with Crippen LogP contribution in [-0.4, -0.2) is 35.3 Å². The fourth-order valence-corrected chi connectivity index (χ4v) is 3.82. The average molecular weight is 392 g/mol. The van der Waals surface area contributed by atoms with Crippen molar-refractivity contribution in [1.29, 1.82) is 0 Å². The first-order chi connectivity index (χ1) is 13.9. The Morgan fingerprint density at radius 3 is 2.41 bits per heavy atom. The first-order valence-electron chi connectivity index (χ1n) is 10.4. The monoisotopic (exact) mass is 391 g/mol. The van der Waals surface area contributed by atoms with Gasteiger partial charge in [-0.25, -0.2) is 0 Å². The summed E-state index contributed by atoms with van der Waals surface area (Å²) in [6.45, 7) is 6.84. The Labute approximate surface area is 172 Å². The largest absolute Gasteiger partial charge is 0.350 e. The normalized spacial score (nSPS) is 16.8. The van der Waals surface area contributed by atoms with E-state index >= 15 is 0 Å². The third-order valence-electron chi connectivity index (χ3n) is 6.03. The van der Waals surface area contributed by atoms with E-state index < -0.39 is 0 Å². The van der Waals surface area contributed by atoms with E-state index in [1.807, 2.05) is 0 Å². The number of hydrogen-bond donors (Lipinski definition) is 2. The van der Waals surface area contributed by atoms with Crippen molar-refractivity contribution < 1.29 is 9.59 Å². The maximum atomic E-state index is 12.6. The molecule has 2 aromatic carbocycles. The van der Waals surface area contributed by atoms with Crippen LogP contribution in [0.25, 0.3) is 0 Å². The molecule has 1 aliphatic carbocycles. The lowest BCUT2D eigenvalue weighted by atomic mass is 9.94. The molecule has 5 nitrogen and oxygen atoms in total. The van der Waals surface area contributed by atoms with Crippen LogP contribution in [0.3, 0.4) is 0 Å². The molecule has 0 unspecified atom stereocenters. The van der Waals surface area contributed by atoms with Crippen molar-refractivity contribution in [2.45, 2.75) is 45.2 Å². The Kier molecular flexibility index (Phi) is 5.41. The quantitative estimate of drug-likeness (QED) is 0.791. The van der Waals surface area contributed by atoms with Gasteiger partial charge in [-0.15, -0.1) is 0 Å². The predicted octanol–water partition coefficient (Wildman–Crippen LogP) is 3.60. The molecule has 0 radical (unpaired) electrons. The summed E-state index contributed by atoms with van der Waals surface area (Å²) in [5.74, 6) is 0.157. The van der Waals surface area contributed by atoms with Gasteiger partial charge in [-0.05, 0) is 68.5 Å². The Morgan fingerprint density at radius 1 is 1.03 bits per heavy atom. The molecule has 0 spiro atoms. The molecule has 1 aliphatic heterocycles. The minimum Gasteiger partial charge on any atom is -0.350 e. The van der Waals surface area contributed by atoms with Crippen molar-refractivity contribution in [3.63, 3.8) is 0 Å². The van der Waals surface area contributed by atoms with Crippen LogP contribution in [0.2, 0.25) is 0 Å². The lowest BCUT2D eigenvalue weighted by Gasteiger charge is -2.41. The highest BCUT2D eigenvalue weighted by Gasteiger charge is 2.31. The first-order valence-corrected chi connectivity index (χ1v) is 10.4. The average Bonchev–Trinajstić information content (AvgIpc) is 3.58. The van der Waals surface area contributed by atoms with Crippen LogP contribution in [0.5, 0.6) is 0 Å². The molecule has 2 N–H and O–H groups in total. The van der Waals surface area contributed by atoms with Crippen molar-refractivity contribution in [2.24, 2.45) is 5.92 Å². The van der Waals surface area contributed by atoms with Crippen LogP contribution >= 0.6 is 0 Å². The molecule has 1 heterocycles. The zero-order chi connectivity index (χ0) is 20.4. The van der Waals surface area contributed by atoms with Crippen LogP contribution < -0.4 is 10.6 Å². The fraction of sp³-hybridized carbons (Fsp3) is 0.417. The highest BCUT2D eigenvalue weighted by atomic mass is 16.2. The summed E-state index contributed by atoms with van der Waals surface area (Å²) in [7, 11) is 0. The summed E-state index contributed by atoms with van der Waals surface area (Å²) in [6, 6.07) is 15.7. The van der Waals surface area contributed by atoms with Crippen molar-refractivity contribution in [2.75, 3.05) is 18.4 Å². The second-order valence-corrected chi connectivity index (χ2v) is 8.78. The molecule has 1 fully saturated rings. The van der Waals surface area contributed by atoms with Crippen LogP contribution in [0.4, 0.5) is 5.69 Å². The SMILES string of the molecule is CC(C)(CNC(=O)c1ccc(NC(=O)C2CC2)cc1)N1CCc2ccccc2C1. The number of benzene rings is 2. The van der Waals surface area contributed by atoms with Gasteiger partial charge >= 0.3 is 0 Å². The molecule has 0 saturated heterocycles. The Morgan fingerprint density at radius 2 is 1.72 bits per heavy atom. The van der Waals surface area contributed by atoms with E-state index in [1.165, 1.54) is 11.1 Å². The standard InChI is InChI=1S/C24H29N3O2/c1-24(2,27-14-13-17-5-3-4-6-20(17)15-27)16-25-22(28)18-9-11-21(12-10-18)26-23(29)19-7-8-19/h3-6,9-12,19H,7-8,13-16H2,1-2H3,(H,25,28)(H,26,29). The van der Waals surface area contributed by atoms with E-state index in [-0.39, 0.29) is 23.3 Å². The maximum absolute atomic E-state index is 12.6. The summed E-state index contributed by atoms with van der Waals surface area (Å²) in [5.41, 5.74) is 4.01. The summed E-state index contributed by atoms with van der Waals surface area (Å²) in [4.78, 5) is 26.9. The Bertz CT molecular complexity index is 901. The summed E-state index contributed by atoms with van der Waals surface area (Å²) < 4.78 is 0. The number of nitrogens with one attached hydrogen (secondary N) is 2. The van der Waals surface area contributed by atoms with Gasteiger partial charge in [0.2, 0.25) is 5.91 Å². The van der Waals surface area contributed by atoms with E-state index in [0.29, 0.717) is 12.1 Å². The topological polar surface area (TPSA) is 61.4 Å². The molecule has 2 aromatic rings. The number of carbonyl (C=O) groups excluding carboxylic acids is 2. The third-order valence-corrected chi connectivity index (χ3v) is 6.03. The van der Waals surface area contributed by atoms with Gasteiger partial charge in [0, 0.05) is 42.3 Å². The highest BCUT2D eigenvalue weighted by Crippen LogP contribution is 2.30. The molecule has 0 bridgehead atoms. The van der Waals surface area contributed by atoms with Crippen molar-refractivity contribution in [1.82, 2.24) is 10.2 Å². The molecule has 5 heteroatoms. The zero-order valence-electron chi connectivity index (χ0n) is 17.2. The lowest BCUT2D eigenvalue weighted by Crippen LogP contribution is -2.53. The zero-order valence-corrected chi connectivity index (χ0v) is 17.2. The van der Waals surface area contributed by atoms with E-state index in [2.05, 4.69) is 53.6 Å². The summed E-state index contributed by atoms with van der Waals surface area (Å²) in [5, 5.41) is 5.98. The number of nitrogens with zero attached hydrogens (tertiary/aromatic N) is 1. The van der Waals surface area contributed by atoms with Gasteiger partial charge in [0.25, 0.3) is 5.91 Å². The number of hydrogen-bond acceptors (Lipinski definition) is 3. The number of anilines is 1. The minimum atomic E-state index is -0.138. The third kappa shape index (κ3) is 4.67. The molecular formula is C24H29N3O2. The van der Waals surface area contributed by atoms with E-state index in [9.17, 15) is 9.59 Å². The fourth-order valence-electron chi connectivity index (χ4n) is 3.82. The Hall–Kier alpha value is -2.66. The Balaban J connectivity index is 1.32. The van der Waals surface area contributed by atoms with E-state index in [1.54, 1.807) is 24.3 Å². The molecule has 4 rings (SSSR count). The minimum absolute atomic E-state index is 0.0760. The van der Waals surface area contributed by atoms with Gasteiger partial charge in [0.1, 0.15) is 0 Å². The van der Waals surface area contributed by atoms with Gasteiger partial charge in [0.15, 0.2) is 0 Å². The number of fused-ring (bicyclic) bond motifs is 1. The number of amides is 2. The maximum Gasteiger partial charge on any atom is 0.251 e. The molecule has 1 saturated carbocycles.